The van der Waals surface area contributed by atoms with Gasteiger partial charge in [-0.1, -0.05) is 84.4 Å². The molecule has 4 N–H and O–H groups in total. The van der Waals surface area contributed by atoms with Crippen LogP contribution in [0.5, 0.6) is 5.75 Å². The Balaban J connectivity index is 0.000000186. The number of aromatic nitrogens is 5. The van der Waals surface area contributed by atoms with Crippen LogP contribution in [0.3, 0.4) is 0 Å². The number of methoxy groups -OCH3 is 1. The maximum absolute atomic E-state index is 13.0. The average molecular weight is 1120 g/mol. The lowest BCUT2D eigenvalue weighted by atomic mass is 9.86. The monoisotopic (exact) mass is 1120 g/mol. The Hall–Kier alpha value is -6.79. The van der Waals surface area contributed by atoms with Crippen molar-refractivity contribution in [3.63, 3.8) is 0 Å². The van der Waals surface area contributed by atoms with E-state index in [0.717, 1.165) is 76.7 Å². The second-order valence-corrected chi connectivity index (χ2v) is 25.2. The fourth-order valence-corrected chi connectivity index (χ4v) is 14.0. The molecule has 5 aromatic heterocycles. The molecule has 76 heavy (non-hydrogen) atoms. The lowest BCUT2D eigenvalue weighted by Crippen LogP contribution is -2.34. The van der Waals surface area contributed by atoms with Crippen molar-refractivity contribution in [2.45, 2.75) is 72.6 Å². The SMILES string of the molecule is COc1ccc(C)cc1S(=O)(=O)NCCCCCNc1nc(-c2ccn(S(=O)(=O)c3ccccc3)c2)cs1.O=S(=O)(NCC1CCC(Nc2nc(-c3cc(-c4ccccc4)no3)cs2)CC1)c1cccc2cccnc12. The topological polar surface area (TPSA) is 229 Å². The Morgan fingerprint density at radius 1 is 0.684 bits per heavy atom. The highest BCUT2D eigenvalue weighted by molar-refractivity contribution is 7.90. The van der Waals surface area contributed by atoms with Crippen molar-refractivity contribution >= 4 is 73.9 Å². The van der Waals surface area contributed by atoms with E-state index < -0.39 is 30.1 Å². The summed E-state index contributed by atoms with van der Waals surface area (Å²) in [5.74, 6) is 1.26. The number of nitrogens with zero attached hydrogens (tertiary/aromatic N) is 5. The van der Waals surface area contributed by atoms with Gasteiger partial charge < -0.3 is 19.9 Å². The molecule has 10 rings (SSSR count). The summed E-state index contributed by atoms with van der Waals surface area (Å²) < 4.78 is 94.3. The molecule has 1 aliphatic carbocycles. The summed E-state index contributed by atoms with van der Waals surface area (Å²) in [6.07, 6.45) is 10.9. The predicted octanol–water partition coefficient (Wildman–Crippen LogP) is 10.7. The molecule has 1 saturated carbocycles. The van der Waals surface area contributed by atoms with Crippen LogP contribution in [0.2, 0.25) is 0 Å². The van der Waals surface area contributed by atoms with Gasteiger partial charge in [-0.3, -0.25) is 4.98 Å². The first-order valence-electron chi connectivity index (χ1n) is 24.7. The first-order valence-corrected chi connectivity index (χ1v) is 30.8. The highest BCUT2D eigenvalue weighted by Gasteiger charge is 2.26. The standard InChI is InChI=1S/C28H27N5O3S2.C26H30N4O5S3/c34-38(35,26-10-4-8-21-9-5-15-29-27(21)26)30-17-19-11-13-22(14-12-19)31-28-32-24(18-37-28)25-16-23(33-36-25)20-6-2-1-3-7-20;1-20-11-12-24(35-2)25(17-20)37(31,32)28-15-8-4-7-14-27-26-29-23(19-36-26)21-13-16-30(18-21)38(33,34)22-9-5-3-6-10-22/h1-10,15-16,18-19,22,30H,11-14,17H2,(H,31,32);3,5-6,9-13,16-19,28H,4,7-8,14-15H2,1-2H3,(H,27,29). The molecule has 4 aromatic carbocycles. The third kappa shape index (κ3) is 13.4. The van der Waals surface area contributed by atoms with Gasteiger partial charge in [0.2, 0.25) is 20.0 Å². The van der Waals surface area contributed by atoms with Crippen LogP contribution in [-0.4, -0.2) is 82.1 Å². The van der Waals surface area contributed by atoms with E-state index in [1.54, 1.807) is 90.5 Å². The zero-order chi connectivity index (χ0) is 53.1. The Kier molecular flexibility index (Phi) is 17.4. The fourth-order valence-electron chi connectivity index (χ4n) is 8.66. The zero-order valence-corrected chi connectivity index (χ0v) is 45.8. The molecule has 0 unspecified atom stereocenters. The highest BCUT2D eigenvalue weighted by Crippen LogP contribution is 2.33. The van der Waals surface area contributed by atoms with Gasteiger partial charge in [-0.15, -0.1) is 22.7 Å². The van der Waals surface area contributed by atoms with Crippen molar-refractivity contribution in [1.29, 1.82) is 0 Å². The molecule has 0 aliphatic heterocycles. The normalized spacial score (nSPS) is 15.0. The summed E-state index contributed by atoms with van der Waals surface area (Å²) in [4.78, 5) is 14.2. The van der Waals surface area contributed by atoms with E-state index in [0.29, 0.717) is 66.3 Å². The largest absolute Gasteiger partial charge is 0.495 e. The van der Waals surface area contributed by atoms with Crippen LogP contribution in [0, 0.1) is 12.8 Å². The number of benzene rings is 4. The molecule has 0 radical (unpaired) electrons. The smallest absolute Gasteiger partial charge is 0.267 e. The highest BCUT2D eigenvalue weighted by atomic mass is 32.2. The van der Waals surface area contributed by atoms with Crippen LogP contribution in [-0.2, 0) is 30.1 Å². The molecule has 5 heterocycles. The Labute approximate surface area is 451 Å². The fraction of sp³-hybridized carbons (Fsp3) is 0.259. The van der Waals surface area contributed by atoms with Crippen LogP contribution in [0.25, 0.3) is 44.9 Å². The zero-order valence-electron chi connectivity index (χ0n) is 41.7. The second kappa shape index (κ2) is 24.5. The number of ether oxygens (including phenoxy) is 1. The van der Waals surface area contributed by atoms with Crippen LogP contribution in [0.15, 0.2) is 170 Å². The minimum Gasteiger partial charge on any atom is -0.495 e. The lowest BCUT2D eigenvalue weighted by Gasteiger charge is -2.29. The van der Waals surface area contributed by atoms with Gasteiger partial charge in [0.25, 0.3) is 10.0 Å². The Bertz CT molecular complexity index is 3700. The molecule has 0 atom stereocenters. The van der Waals surface area contributed by atoms with Crippen molar-refractivity contribution in [3.8, 4) is 39.7 Å². The maximum atomic E-state index is 13.0. The quantitative estimate of drug-likeness (QED) is 0.0491. The number of fused-ring (bicyclic) bond motifs is 1. The molecule has 17 nitrogen and oxygen atoms in total. The molecule has 1 aliphatic rings. The number of hydrogen-bond donors (Lipinski definition) is 4. The average Bonchev–Trinajstić information content (AvgIpc) is 4.31. The number of hydrogen-bond acceptors (Lipinski definition) is 16. The maximum Gasteiger partial charge on any atom is 0.267 e. The summed E-state index contributed by atoms with van der Waals surface area (Å²) >= 11 is 3.00. The molecule has 22 heteroatoms. The van der Waals surface area contributed by atoms with Crippen LogP contribution in [0.1, 0.15) is 50.5 Å². The number of rotatable bonds is 21. The third-order valence-electron chi connectivity index (χ3n) is 12.8. The van der Waals surface area contributed by atoms with Gasteiger partial charge in [0.1, 0.15) is 26.9 Å². The third-order valence-corrected chi connectivity index (χ3v) is 18.9. The van der Waals surface area contributed by atoms with E-state index in [2.05, 4.69) is 35.2 Å². The van der Waals surface area contributed by atoms with Gasteiger partial charge in [-0.25, -0.2) is 48.6 Å². The van der Waals surface area contributed by atoms with Gasteiger partial charge in [0.15, 0.2) is 16.0 Å². The van der Waals surface area contributed by atoms with E-state index >= 15 is 0 Å². The number of thiazole rings is 2. The van der Waals surface area contributed by atoms with Crippen molar-refractivity contribution in [2.75, 3.05) is 37.4 Å². The summed E-state index contributed by atoms with van der Waals surface area (Å²) in [5, 5.41) is 17.3. The molecule has 396 valence electrons. The van der Waals surface area contributed by atoms with Gasteiger partial charge >= 0.3 is 0 Å². The number of sulfonamides is 2. The predicted molar refractivity (Wildman–Crippen MR) is 299 cm³/mol. The number of nitrogens with one attached hydrogen (secondary N) is 4. The number of aryl methyl sites for hydroxylation is 1. The Morgan fingerprint density at radius 2 is 1.39 bits per heavy atom. The molecule has 0 saturated heterocycles. The van der Waals surface area contributed by atoms with Gasteiger partial charge in [-0.05, 0) is 99.4 Å². The molecular weight excluding hydrogens is 1060 g/mol. The minimum absolute atomic E-state index is 0.147. The molecular formula is C54H57N9O8S5. The minimum atomic E-state index is -3.65. The summed E-state index contributed by atoms with van der Waals surface area (Å²) in [5.41, 5.74) is 5.31. The van der Waals surface area contributed by atoms with Crippen LogP contribution >= 0.6 is 22.7 Å². The van der Waals surface area contributed by atoms with E-state index in [1.165, 1.54) is 28.6 Å². The van der Waals surface area contributed by atoms with Crippen molar-refractivity contribution in [2.24, 2.45) is 5.92 Å². The summed E-state index contributed by atoms with van der Waals surface area (Å²) in [6, 6.07) is 36.1. The van der Waals surface area contributed by atoms with Gasteiger partial charge in [0, 0.05) is 77.6 Å². The van der Waals surface area contributed by atoms with E-state index in [-0.39, 0.29) is 14.7 Å². The van der Waals surface area contributed by atoms with Crippen LogP contribution < -0.4 is 24.8 Å². The number of anilines is 2. The lowest BCUT2D eigenvalue weighted by molar-refractivity contribution is 0.337. The van der Waals surface area contributed by atoms with Crippen molar-refractivity contribution < 1.29 is 34.5 Å². The first-order chi connectivity index (χ1) is 36.8. The van der Waals surface area contributed by atoms with E-state index in [1.807, 2.05) is 72.3 Å². The molecule has 0 bridgehead atoms. The number of para-hydroxylation sites is 1. The first kappa shape index (κ1) is 54.0. The number of pyridine rings is 1. The summed E-state index contributed by atoms with van der Waals surface area (Å²) in [6.45, 7) is 3.29. The van der Waals surface area contributed by atoms with Gasteiger partial charge in [0.05, 0.1) is 23.2 Å². The Morgan fingerprint density at radius 3 is 2.18 bits per heavy atom. The number of unbranched alkanes of at least 4 members (excludes halogenated alkanes) is 2. The van der Waals surface area contributed by atoms with Crippen molar-refractivity contribution in [3.05, 3.63) is 156 Å². The second-order valence-electron chi connectivity index (χ2n) is 18.2. The molecule has 0 spiro atoms. The molecule has 9 aromatic rings. The molecule has 0 amide bonds. The van der Waals surface area contributed by atoms with E-state index in [9.17, 15) is 25.3 Å². The summed E-state index contributed by atoms with van der Waals surface area (Å²) in [7, 11) is -9.48. The van der Waals surface area contributed by atoms with Crippen molar-refractivity contribution in [1.82, 2.24) is 33.5 Å². The van der Waals surface area contributed by atoms with Crippen LogP contribution in [0.4, 0.5) is 10.3 Å². The van der Waals surface area contributed by atoms with Gasteiger partial charge in [-0.2, -0.15) is 0 Å². The molecule has 1 fully saturated rings. The van der Waals surface area contributed by atoms with E-state index in [4.69, 9.17) is 14.2 Å².